The molecule has 0 saturated carbocycles. The van der Waals surface area contributed by atoms with Crippen molar-refractivity contribution in [2.24, 2.45) is 5.73 Å². The van der Waals surface area contributed by atoms with Gasteiger partial charge in [0.25, 0.3) is 0 Å². The summed E-state index contributed by atoms with van der Waals surface area (Å²) in [6, 6.07) is 6.18. The lowest BCUT2D eigenvalue weighted by atomic mass is 10.1. The van der Waals surface area contributed by atoms with Gasteiger partial charge >= 0.3 is 0 Å². The third kappa shape index (κ3) is 2.60. The number of likely N-dealkylation sites (N-methyl/N-ethyl adjacent to an activating group) is 1. The molecular formula is C13H19ClN4. The number of halogens is 1. The van der Waals surface area contributed by atoms with E-state index in [1.807, 2.05) is 18.2 Å². The topological polar surface area (TPSA) is 56.4 Å². The molecule has 0 radical (unpaired) electrons. The molecule has 0 amide bonds. The van der Waals surface area contributed by atoms with Crippen LogP contribution >= 0.6 is 11.6 Å². The van der Waals surface area contributed by atoms with Gasteiger partial charge in [-0.3, -0.25) is 5.41 Å². The minimum atomic E-state index is 0.0120. The Morgan fingerprint density at radius 1 is 1.44 bits per heavy atom. The normalized spacial score (nSPS) is 21.1. The molecule has 0 bridgehead atoms. The molecule has 1 atom stereocenters. The van der Waals surface area contributed by atoms with Crippen LogP contribution in [0, 0.1) is 5.41 Å². The molecule has 4 nitrogen and oxygen atoms in total. The van der Waals surface area contributed by atoms with Gasteiger partial charge in [0.05, 0.1) is 5.02 Å². The summed E-state index contributed by atoms with van der Waals surface area (Å²) in [5.41, 5.74) is 7.17. The number of nitrogen functional groups attached to an aromatic ring is 1. The molecule has 0 spiro atoms. The van der Waals surface area contributed by atoms with Crippen LogP contribution in [0.15, 0.2) is 18.2 Å². The first kappa shape index (κ1) is 13.2. The van der Waals surface area contributed by atoms with Crippen molar-refractivity contribution < 1.29 is 0 Å². The largest absolute Gasteiger partial charge is 0.384 e. The standard InChI is InChI=1S/C13H19ClN4/c1-9-8-17(2)5-6-18(9)10-3-4-11(13(15)16)12(14)7-10/h3-4,7,9H,5-6,8H2,1-2H3,(H3,15,16). The number of nitrogens with one attached hydrogen (secondary N) is 1. The van der Waals surface area contributed by atoms with Gasteiger partial charge in [-0.05, 0) is 32.2 Å². The summed E-state index contributed by atoms with van der Waals surface area (Å²) < 4.78 is 0. The fraction of sp³-hybridized carbons (Fsp3) is 0.462. The number of rotatable bonds is 2. The van der Waals surface area contributed by atoms with Crippen molar-refractivity contribution in [1.29, 1.82) is 5.41 Å². The molecule has 1 saturated heterocycles. The van der Waals surface area contributed by atoms with Crippen LogP contribution in [0.4, 0.5) is 5.69 Å². The highest BCUT2D eigenvalue weighted by molar-refractivity contribution is 6.34. The predicted molar refractivity (Wildman–Crippen MR) is 76.8 cm³/mol. The molecule has 1 aliphatic heterocycles. The van der Waals surface area contributed by atoms with Crippen molar-refractivity contribution in [2.75, 3.05) is 31.6 Å². The lowest BCUT2D eigenvalue weighted by Crippen LogP contribution is -2.50. The average molecular weight is 267 g/mol. The smallest absolute Gasteiger partial charge is 0.124 e. The number of nitrogens with zero attached hydrogens (tertiary/aromatic N) is 2. The fourth-order valence-electron chi connectivity index (χ4n) is 2.42. The van der Waals surface area contributed by atoms with Gasteiger partial charge < -0.3 is 15.5 Å². The van der Waals surface area contributed by atoms with Crippen molar-refractivity contribution in [2.45, 2.75) is 13.0 Å². The van der Waals surface area contributed by atoms with Crippen LogP contribution in [0.25, 0.3) is 0 Å². The first-order valence-corrected chi connectivity index (χ1v) is 6.46. The third-order valence-corrected chi connectivity index (χ3v) is 3.72. The summed E-state index contributed by atoms with van der Waals surface area (Å²) in [6.45, 7) is 5.30. The Kier molecular flexibility index (Phi) is 3.78. The van der Waals surface area contributed by atoms with E-state index in [0.717, 1.165) is 25.3 Å². The first-order chi connectivity index (χ1) is 8.49. The van der Waals surface area contributed by atoms with Gasteiger partial charge in [-0.15, -0.1) is 0 Å². The molecule has 5 heteroatoms. The number of hydrogen-bond donors (Lipinski definition) is 2. The summed E-state index contributed by atoms with van der Waals surface area (Å²) in [5, 5.41) is 7.98. The molecule has 1 fully saturated rings. The monoisotopic (exact) mass is 266 g/mol. The van der Waals surface area contributed by atoms with Gasteiger partial charge in [0.1, 0.15) is 5.84 Å². The second-order valence-electron chi connectivity index (χ2n) is 4.88. The summed E-state index contributed by atoms with van der Waals surface area (Å²) in [4.78, 5) is 4.67. The van der Waals surface area contributed by atoms with Crippen molar-refractivity contribution >= 4 is 23.1 Å². The number of hydrogen-bond acceptors (Lipinski definition) is 3. The van der Waals surface area contributed by atoms with E-state index < -0.39 is 0 Å². The van der Waals surface area contributed by atoms with E-state index in [1.165, 1.54) is 0 Å². The highest BCUT2D eigenvalue weighted by Gasteiger charge is 2.22. The highest BCUT2D eigenvalue weighted by Crippen LogP contribution is 2.26. The molecule has 1 unspecified atom stereocenters. The first-order valence-electron chi connectivity index (χ1n) is 6.08. The number of nitrogens with two attached hydrogens (primary N) is 1. The SMILES string of the molecule is CC1CN(C)CCN1c1ccc(C(=N)N)c(Cl)c1. The number of benzene rings is 1. The Labute approximate surface area is 113 Å². The van der Waals surface area contributed by atoms with Gasteiger partial charge in [-0.1, -0.05) is 11.6 Å². The minimum absolute atomic E-state index is 0.0120. The maximum absolute atomic E-state index is 7.43. The predicted octanol–water partition coefficient (Wildman–Crippen LogP) is 1.76. The zero-order valence-electron chi connectivity index (χ0n) is 10.8. The Balaban J connectivity index is 2.24. The minimum Gasteiger partial charge on any atom is -0.384 e. The van der Waals surface area contributed by atoms with E-state index in [0.29, 0.717) is 16.6 Å². The van der Waals surface area contributed by atoms with Gasteiger partial charge in [-0.25, -0.2) is 0 Å². The van der Waals surface area contributed by atoms with Crippen LogP contribution < -0.4 is 10.6 Å². The Hall–Kier alpha value is -1.26. The molecule has 2 rings (SSSR count). The number of anilines is 1. The van der Waals surface area contributed by atoms with E-state index in [1.54, 1.807) is 0 Å². The maximum atomic E-state index is 7.43. The fourth-order valence-corrected chi connectivity index (χ4v) is 2.70. The second-order valence-corrected chi connectivity index (χ2v) is 5.29. The van der Waals surface area contributed by atoms with Crippen LogP contribution in [0.5, 0.6) is 0 Å². The maximum Gasteiger partial charge on any atom is 0.124 e. The molecule has 98 valence electrons. The van der Waals surface area contributed by atoms with Gasteiger partial charge in [0.2, 0.25) is 0 Å². The van der Waals surface area contributed by atoms with Crippen molar-refractivity contribution in [1.82, 2.24) is 4.90 Å². The summed E-state index contributed by atoms with van der Waals surface area (Å²) in [5.74, 6) is 0.0120. The lowest BCUT2D eigenvalue weighted by Gasteiger charge is -2.40. The summed E-state index contributed by atoms with van der Waals surface area (Å²) >= 11 is 6.16. The van der Waals surface area contributed by atoms with Crippen molar-refractivity contribution in [3.05, 3.63) is 28.8 Å². The molecule has 0 aliphatic carbocycles. The Bertz CT molecular complexity index is 460. The zero-order valence-corrected chi connectivity index (χ0v) is 11.5. The van der Waals surface area contributed by atoms with E-state index >= 15 is 0 Å². The van der Waals surface area contributed by atoms with Crippen molar-refractivity contribution in [3.63, 3.8) is 0 Å². The van der Waals surface area contributed by atoms with E-state index in [-0.39, 0.29) is 5.84 Å². The van der Waals surface area contributed by atoms with E-state index in [2.05, 4.69) is 23.8 Å². The zero-order chi connectivity index (χ0) is 13.3. The molecule has 0 aromatic heterocycles. The van der Waals surface area contributed by atoms with Gasteiger partial charge in [0, 0.05) is 36.9 Å². The molecule has 1 heterocycles. The Morgan fingerprint density at radius 2 is 2.17 bits per heavy atom. The van der Waals surface area contributed by atoms with Crippen LogP contribution in [0.3, 0.4) is 0 Å². The number of amidine groups is 1. The number of piperazine rings is 1. The Morgan fingerprint density at radius 3 is 2.72 bits per heavy atom. The van der Waals surface area contributed by atoms with Crippen LogP contribution in [-0.4, -0.2) is 43.5 Å². The summed E-state index contributed by atoms with van der Waals surface area (Å²) in [7, 11) is 2.14. The molecule has 1 aliphatic rings. The van der Waals surface area contributed by atoms with Gasteiger partial charge in [0.15, 0.2) is 0 Å². The average Bonchev–Trinajstić information content (AvgIpc) is 2.28. The quantitative estimate of drug-likeness (QED) is 0.634. The second kappa shape index (κ2) is 5.16. The van der Waals surface area contributed by atoms with E-state index in [9.17, 15) is 0 Å². The highest BCUT2D eigenvalue weighted by atomic mass is 35.5. The molecule has 3 N–H and O–H groups in total. The lowest BCUT2D eigenvalue weighted by molar-refractivity contribution is 0.275. The van der Waals surface area contributed by atoms with Crippen LogP contribution in [-0.2, 0) is 0 Å². The van der Waals surface area contributed by atoms with Crippen LogP contribution in [0.1, 0.15) is 12.5 Å². The molecule has 1 aromatic rings. The molecule has 1 aromatic carbocycles. The van der Waals surface area contributed by atoms with Gasteiger partial charge in [-0.2, -0.15) is 0 Å². The molecular weight excluding hydrogens is 248 g/mol. The van der Waals surface area contributed by atoms with E-state index in [4.69, 9.17) is 22.7 Å². The third-order valence-electron chi connectivity index (χ3n) is 3.41. The molecule has 18 heavy (non-hydrogen) atoms. The summed E-state index contributed by atoms with van der Waals surface area (Å²) in [6.07, 6.45) is 0. The van der Waals surface area contributed by atoms with Crippen LogP contribution in [0.2, 0.25) is 5.02 Å². The van der Waals surface area contributed by atoms with Crippen molar-refractivity contribution in [3.8, 4) is 0 Å².